The lowest BCUT2D eigenvalue weighted by Gasteiger charge is -2.10. The molecule has 1 aromatic heterocycles. The highest BCUT2D eigenvalue weighted by Gasteiger charge is 2.16. The van der Waals surface area contributed by atoms with E-state index in [2.05, 4.69) is 9.71 Å². The number of benzene rings is 1. The fourth-order valence-electron chi connectivity index (χ4n) is 1.84. The van der Waals surface area contributed by atoms with Crippen LogP contribution in [0.25, 0.3) is 0 Å². The molecule has 2 rings (SSSR count). The number of anilines is 1. The number of rotatable bonds is 5. The highest BCUT2D eigenvalue weighted by Crippen LogP contribution is 2.23. The Morgan fingerprint density at radius 3 is 2.57 bits per heavy atom. The van der Waals surface area contributed by atoms with Crippen molar-refractivity contribution in [1.82, 2.24) is 4.98 Å². The third-order valence-electron chi connectivity index (χ3n) is 2.96. The Bertz CT molecular complexity index is 728. The van der Waals surface area contributed by atoms with Crippen LogP contribution in [0, 0.1) is 6.92 Å². The maximum atomic E-state index is 12.2. The van der Waals surface area contributed by atoms with Crippen molar-refractivity contribution in [1.29, 1.82) is 0 Å². The second-order valence-corrected chi connectivity index (χ2v) is 6.13. The van der Waals surface area contributed by atoms with E-state index in [1.165, 1.54) is 12.3 Å². The molecule has 0 atom stereocenters. The summed E-state index contributed by atoms with van der Waals surface area (Å²) in [6.07, 6.45) is 1.45. The summed E-state index contributed by atoms with van der Waals surface area (Å²) >= 11 is 0. The summed E-state index contributed by atoms with van der Waals surface area (Å²) in [6, 6.07) is 8.11. The molecule has 0 aliphatic heterocycles. The van der Waals surface area contributed by atoms with Crippen molar-refractivity contribution in [2.24, 2.45) is 5.73 Å². The molecular weight excluding hydrogens is 290 g/mol. The van der Waals surface area contributed by atoms with Gasteiger partial charge in [0.25, 0.3) is 10.0 Å². The van der Waals surface area contributed by atoms with Gasteiger partial charge in [0.1, 0.15) is 5.75 Å². The predicted octanol–water partition coefficient (Wildman–Crippen LogP) is 1.66. The van der Waals surface area contributed by atoms with Gasteiger partial charge >= 0.3 is 0 Å². The summed E-state index contributed by atoms with van der Waals surface area (Å²) < 4.78 is 32.1. The maximum absolute atomic E-state index is 12.2. The van der Waals surface area contributed by atoms with Crippen LogP contribution in [-0.2, 0) is 16.6 Å². The van der Waals surface area contributed by atoms with Crippen LogP contribution in [0.5, 0.6) is 5.75 Å². The van der Waals surface area contributed by atoms with Crippen LogP contribution < -0.4 is 15.2 Å². The number of pyridine rings is 1. The lowest BCUT2D eigenvalue weighted by atomic mass is 10.2. The van der Waals surface area contributed by atoms with Crippen molar-refractivity contribution >= 4 is 15.7 Å². The van der Waals surface area contributed by atoms with E-state index in [1.54, 1.807) is 31.4 Å². The van der Waals surface area contributed by atoms with Crippen molar-refractivity contribution in [2.45, 2.75) is 18.5 Å². The Kier molecular flexibility index (Phi) is 4.44. The Morgan fingerprint density at radius 1 is 1.29 bits per heavy atom. The number of hydrogen-bond donors (Lipinski definition) is 2. The van der Waals surface area contributed by atoms with Crippen LogP contribution in [0.3, 0.4) is 0 Å². The monoisotopic (exact) mass is 307 g/mol. The van der Waals surface area contributed by atoms with E-state index in [0.717, 1.165) is 11.1 Å². The number of nitrogens with one attached hydrogen (secondary N) is 1. The SMILES string of the molecule is COc1ccc(NS(=O)(=O)c2ccc(CN)cn2)cc1C. The highest BCUT2D eigenvalue weighted by molar-refractivity contribution is 7.92. The van der Waals surface area contributed by atoms with Crippen molar-refractivity contribution in [3.05, 3.63) is 47.7 Å². The summed E-state index contributed by atoms with van der Waals surface area (Å²) in [6.45, 7) is 2.16. The van der Waals surface area contributed by atoms with Crippen LogP contribution >= 0.6 is 0 Å². The van der Waals surface area contributed by atoms with Crippen molar-refractivity contribution in [3.63, 3.8) is 0 Å². The quantitative estimate of drug-likeness (QED) is 0.876. The van der Waals surface area contributed by atoms with E-state index < -0.39 is 10.0 Å². The van der Waals surface area contributed by atoms with Gasteiger partial charge in [0.2, 0.25) is 0 Å². The molecule has 0 aliphatic rings. The molecule has 0 bridgehead atoms. The van der Waals surface area contributed by atoms with Gasteiger partial charge < -0.3 is 10.5 Å². The van der Waals surface area contributed by atoms with Crippen LogP contribution in [0.4, 0.5) is 5.69 Å². The number of hydrogen-bond acceptors (Lipinski definition) is 5. The first-order chi connectivity index (χ1) is 9.96. The van der Waals surface area contributed by atoms with Gasteiger partial charge in [-0.15, -0.1) is 0 Å². The standard InChI is InChI=1S/C14H17N3O3S/c1-10-7-12(4-5-13(10)20-2)17-21(18,19)14-6-3-11(8-15)9-16-14/h3-7,9,17H,8,15H2,1-2H3. The molecule has 1 aromatic carbocycles. The van der Waals surface area contributed by atoms with E-state index in [9.17, 15) is 8.42 Å². The average Bonchev–Trinajstić information content (AvgIpc) is 2.47. The summed E-state index contributed by atoms with van der Waals surface area (Å²) in [5.74, 6) is 0.698. The van der Waals surface area contributed by atoms with Gasteiger partial charge in [0, 0.05) is 18.4 Å². The number of nitrogens with zero attached hydrogens (tertiary/aromatic N) is 1. The average molecular weight is 307 g/mol. The molecule has 21 heavy (non-hydrogen) atoms. The first-order valence-electron chi connectivity index (χ1n) is 6.28. The molecule has 0 spiro atoms. The Balaban J connectivity index is 2.26. The Morgan fingerprint density at radius 2 is 2.05 bits per heavy atom. The number of nitrogens with two attached hydrogens (primary N) is 1. The first-order valence-corrected chi connectivity index (χ1v) is 7.77. The van der Waals surface area contributed by atoms with Gasteiger partial charge in [0.15, 0.2) is 5.03 Å². The van der Waals surface area contributed by atoms with E-state index in [-0.39, 0.29) is 5.03 Å². The molecule has 0 aliphatic carbocycles. The van der Waals surface area contributed by atoms with Gasteiger partial charge in [-0.05, 0) is 42.3 Å². The molecule has 1 heterocycles. The van der Waals surface area contributed by atoms with Crippen molar-refractivity contribution in [2.75, 3.05) is 11.8 Å². The van der Waals surface area contributed by atoms with E-state index in [0.29, 0.717) is 18.0 Å². The first kappa shape index (κ1) is 15.3. The van der Waals surface area contributed by atoms with Crippen LogP contribution in [0.1, 0.15) is 11.1 Å². The Hall–Kier alpha value is -2.12. The van der Waals surface area contributed by atoms with E-state index in [4.69, 9.17) is 10.5 Å². The summed E-state index contributed by atoms with van der Waals surface area (Å²) in [4.78, 5) is 3.92. The minimum absolute atomic E-state index is 0.0480. The molecule has 2 aromatic rings. The van der Waals surface area contributed by atoms with Gasteiger partial charge in [0.05, 0.1) is 7.11 Å². The number of sulfonamides is 1. The lowest BCUT2D eigenvalue weighted by Crippen LogP contribution is -2.15. The zero-order chi connectivity index (χ0) is 15.5. The van der Waals surface area contributed by atoms with Gasteiger partial charge in [-0.3, -0.25) is 4.72 Å². The molecule has 7 heteroatoms. The van der Waals surface area contributed by atoms with Crippen LogP contribution in [0.15, 0.2) is 41.6 Å². The number of methoxy groups -OCH3 is 1. The highest BCUT2D eigenvalue weighted by atomic mass is 32.2. The molecule has 0 radical (unpaired) electrons. The molecular formula is C14H17N3O3S. The van der Waals surface area contributed by atoms with E-state index in [1.807, 2.05) is 6.92 Å². The zero-order valence-electron chi connectivity index (χ0n) is 11.8. The van der Waals surface area contributed by atoms with Crippen molar-refractivity contribution < 1.29 is 13.2 Å². The molecule has 0 unspecified atom stereocenters. The maximum Gasteiger partial charge on any atom is 0.279 e. The predicted molar refractivity (Wildman–Crippen MR) is 80.7 cm³/mol. The van der Waals surface area contributed by atoms with Crippen LogP contribution in [-0.4, -0.2) is 20.5 Å². The molecule has 0 saturated heterocycles. The molecule has 112 valence electrons. The molecule has 0 fully saturated rings. The van der Waals surface area contributed by atoms with Gasteiger partial charge in [-0.1, -0.05) is 6.07 Å². The largest absolute Gasteiger partial charge is 0.496 e. The Labute approximate surface area is 124 Å². The molecule has 0 amide bonds. The fourth-order valence-corrected chi connectivity index (χ4v) is 2.82. The van der Waals surface area contributed by atoms with Gasteiger partial charge in [-0.2, -0.15) is 8.42 Å². The summed E-state index contributed by atoms with van der Waals surface area (Å²) in [7, 11) is -2.15. The normalized spacial score (nSPS) is 11.2. The summed E-state index contributed by atoms with van der Waals surface area (Å²) in [5.41, 5.74) is 7.53. The lowest BCUT2D eigenvalue weighted by molar-refractivity contribution is 0.412. The number of ether oxygens (including phenoxy) is 1. The number of aryl methyl sites for hydroxylation is 1. The second kappa shape index (κ2) is 6.11. The third kappa shape index (κ3) is 3.50. The van der Waals surface area contributed by atoms with Crippen molar-refractivity contribution in [3.8, 4) is 5.75 Å². The molecule has 6 nitrogen and oxygen atoms in total. The molecule has 3 N–H and O–H groups in total. The zero-order valence-corrected chi connectivity index (χ0v) is 12.6. The minimum atomic E-state index is -3.72. The summed E-state index contributed by atoms with van der Waals surface area (Å²) in [5, 5.41) is -0.0480. The topological polar surface area (TPSA) is 94.3 Å². The van der Waals surface area contributed by atoms with Gasteiger partial charge in [-0.25, -0.2) is 4.98 Å². The second-order valence-electron chi connectivity index (χ2n) is 4.50. The molecule has 0 saturated carbocycles. The third-order valence-corrected chi connectivity index (χ3v) is 4.25. The minimum Gasteiger partial charge on any atom is -0.496 e. The van der Waals surface area contributed by atoms with E-state index >= 15 is 0 Å². The smallest absolute Gasteiger partial charge is 0.279 e. The number of aromatic nitrogens is 1. The fraction of sp³-hybridized carbons (Fsp3) is 0.214. The van der Waals surface area contributed by atoms with Crippen LogP contribution in [0.2, 0.25) is 0 Å².